The van der Waals surface area contributed by atoms with Gasteiger partial charge in [-0.1, -0.05) is 6.07 Å². The molecule has 1 saturated carbocycles. The third kappa shape index (κ3) is 5.39. The van der Waals surface area contributed by atoms with Crippen molar-refractivity contribution in [2.45, 2.75) is 36.6 Å². The van der Waals surface area contributed by atoms with Crippen molar-refractivity contribution >= 4 is 38.7 Å². The van der Waals surface area contributed by atoms with E-state index in [9.17, 15) is 18.2 Å². The molecule has 3 aromatic rings. The van der Waals surface area contributed by atoms with E-state index < -0.39 is 38.9 Å². The Labute approximate surface area is 218 Å². The largest absolute Gasteiger partial charge is 0.494 e. The van der Waals surface area contributed by atoms with Gasteiger partial charge in [-0.25, -0.2) is 23.3 Å². The minimum absolute atomic E-state index is 0.0439. The van der Waals surface area contributed by atoms with Gasteiger partial charge in [0.05, 0.1) is 44.6 Å². The second-order valence-corrected chi connectivity index (χ2v) is 11.4. The van der Waals surface area contributed by atoms with E-state index in [2.05, 4.69) is 36.1 Å². The van der Waals surface area contributed by atoms with Crippen LogP contribution in [0.1, 0.15) is 30.8 Å². The highest BCUT2D eigenvalue weighted by Crippen LogP contribution is 2.38. The van der Waals surface area contributed by atoms with Gasteiger partial charge < -0.3 is 20.7 Å². The van der Waals surface area contributed by atoms with Crippen LogP contribution in [0.2, 0.25) is 0 Å². The summed E-state index contributed by atoms with van der Waals surface area (Å²) >= 11 is 0. The molecule has 4 N–H and O–H groups in total. The molecule has 200 valence electrons. The fraction of sp³-hybridized carbons (Fsp3) is 0.333. The van der Waals surface area contributed by atoms with E-state index in [1.807, 2.05) is 0 Å². The Bertz CT molecular complexity index is 1480. The van der Waals surface area contributed by atoms with E-state index in [4.69, 9.17) is 9.52 Å². The number of carbonyl (C=O) groups is 2. The quantitative estimate of drug-likeness (QED) is 0.317. The number of carbonyl (C=O) groups excluding carboxylic acids is 2. The predicted molar refractivity (Wildman–Crippen MR) is 139 cm³/mol. The van der Waals surface area contributed by atoms with Gasteiger partial charge in [0.25, 0.3) is 5.91 Å². The number of halogens is 1. The number of hydrogen-bond acceptors (Lipinski definition) is 10. The summed E-state index contributed by atoms with van der Waals surface area (Å²) in [5.41, 5.74) is 1.07. The van der Waals surface area contributed by atoms with Gasteiger partial charge in [0.1, 0.15) is 6.17 Å². The zero-order chi connectivity index (χ0) is 27.6. The monoisotopic (exact) mass is 542 g/mol. The predicted octanol–water partition coefficient (Wildman–Crippen LogP) is 3.16. The molecular weight excluding hydrogens is 515 g/mol. The minimum atomic E-state index is -3.04. The molecule has 0 bridgehead atoms. The lowest BCUT2D eigenvalue weighted by Crippen LogP contribution is -2.22. The van der Waals surface area contributed by atoms with Gasteiger partial charge in [-0.2, -0.15) is 0 Å². The number of aromatic nitrogens is 4. The number of anilines is 3. The fourth-order valence-corrected chi connectivity index (χ4v) is 4.51. The summed E-state index contributed by atoms with van der Waals surface area (Å²) in [5.74, 6) is -1.12. The molecule has 1 fully saturated rings. The summed E-state index contributed by atoms with van der Waals surface area (Å²) in [4.78, 5) is 33.5. The Hall–Kier alpha value is -4.20. The van der Waals surface area contributed by atoms with E-state index in [1.165, 1.54) is 32.6 Å². The zero-order valence-electron chi connectivity index (χ0n) is 21.1. The maximum Gasteiger partial charge on any atom is 0.273 e. The van der Waals surface area contributed by atoms with Crippen molar-refractivity contribution in [1.82, 2.24) is 25.5 Å². The first-order valence-electron chi connectivity index (χ1n) is 11.7. The maximum atomic E-state index is 13.3. The van der Waals surface area contributed by atoms with Crippen molar-refractivity contribution in [2.24, 2.45) is 5.92 Å². The Morgan fingerprint density at radius 3 is 2.45 bits per heavy atom. The third-order valence-corrected chi connectivity index (χ3v) is 8.15. The molecule has 2 amide bonds. The molecule has 4 rings (SSSR count). The molecule has 0 aliphatic heterocycles. The second kappa shape index (κ2) is 10.7. The van der Waals surface area contributed by atoms with E-state index in [0.29, 0.717) is 17.0 Å². The van der Waals surface area contributed by atoms with Gasteiger partial charge in [0.15, 0.2) is 23.1 Å². The highest BCUT2D eigenvalue weighted by atomic mass is 32.2. The molecule has 0 radical (unpaired) electrons. The number of hydrogen-bond donors (Lipinski definition) is 4. The topological polar surface area (TPSA) is 172 Å². The van der Waals surface area contributed by atoms with Crippen LogP contribution in [-0.2, 0) is 14.5 Å². The summed E-state index contributed by atoms with van der Waals surface area (Å²) in [5, 5.41) is 15.5. The molecule has 0 saturated heterocycles. The van der Waals surface area contributed by atoms with Crippen LogP contribution in [0.25, 0.3) is 11.4 Å². The fourth-order valence-electron chi connectivity index (χ4n) is 3.55. The average Bonchev–Trinajstić information content (AvgIpc) is 3.65. The van der Waals surface area contributed by atoms with E-state index in [-0.39, 0.29) is 34.3 Å². The lowest BCUT2D eigenvalue weighted by atomic mass is 10.1. The zero-order valence-corrected chi connectivity index (χ0v) is 21.9. The van der Waals surface area contributed by atoms with Gasteiger partial charge in [0.2, 0.25) is 5.91 Å². The minimum Gasteiger partial charge on any atom is -0.494 e. The molecule has 1 aromatic carbocycles. The van der Waals surface area contributed by atoms with Crippen LogP contribution in [0.5, 0.6) is 5.75 Å². The summed E-state index contributed by atoms with van der Waals surface area (Å²) < 4.78 is 39.7. The average molecular weight is 543 g/mol. The number of rotatable bonds is 9. The van der Waals surface area contributed by atoms with Crippen LogP contribution < -0.4 is 20.7 Å². The number of nitrogens with one attached hydrogen (secondary N) is 4. The van der Waals surface area contributed by atoms with E-state index >= 15 is 0 Å². The summed E-state index contributed by atoms with van der Waals surface area (Å²) in [6, 6.07) is 6.54. The molecule has 12 nitrogen and oxygen atoms in total. The lowest BCUT2D eigenvalue weighted by Gasteiger charge is -2.17. The van der Waals surface area contributed by atoms with Crippen LogP contribution in [-0.4, -0.2) is 61.8 Å². The molecule has 2 aromatic heterocycles. The normalized spacial score (nSPS) is 17.8. The van der Waals surface area contributed by atoms with Gasteiger partial charge in [-0.3, -0.25) is 9.59 Å². The Morgan fingerprint density at radius 1 is 1.18 bits per heavy atom. The highest BCUT2D eigenvalue weighted by Gasteiger charge is 2.43. The van der Waals surface area contributed by atoms with Crippen molar-refractivity contribution in [3.05, 3.63) is 42.4 Å². The van der Waals surface area contributed by atoms with Crippen LogP contribution in [0.15, 0.2) is 41.6 Å². The molecule has 0 spiro atoms. The first-order valence-corrected chi connectivity index (χ1v) is 13.3. The number of benzene rings is 1. The summed E-state index contributed by atoms with van der Waals surface area (Å²) in [6.45, 7) is 3.39. The van der Waals surface area contributed by atoms with E-state index in [1.54, 1.807) is 32.0 Å². The Balaban J connectivity index is 1.69. The van der Waals surface area contributed by atoms with Crippen molar-refractivity contribution < 1.29 is 22.9 Å². The highest BCUT2D eigenvalue weighted by molar-refractivity contribution is 7.93. The van der Waals surface area contributed by atoms with Crippen molar-refractivity contribution in [3.8, 4) is 17.1 Å². The van der Waals surface area contributed by atoms with E-state index in [0.717, 1.165) is 0 Å². The molecule has 1 aliphatic rings. The first-order chi connectivity index (χ1) is 18.1. The molecule has 14 heteroatoms. The number of methoxy groups -OCH3 is 1. The lowest BCUT2D eigenvalue weighted by molar-refractivity contribution is -0.117. The van der Waals surface area contributed by atoms with Gasteiger partial charge in [-0.05, 0) is 32.4 Å². The number of alkyl halides is 1. The first kappa shape index (κ1) is 26.9. The van der Waals surface area contributed by atoms with Crippen LogP contribution in [0.3, 0.4) is 0 Å². The standard InChI is InChI=1S/C24H27FN8O4S/c1-12(2)38(26,36)13-10-28-22(29-11-13)14-6-5-7-17(21(14)37-4)30-18-9-19(31-23(34)15-8-16(15)25)32-33-20(18)24(35)27-3/h5-7,9-12,15-16,26H,8H2,1-4H3,(H,27,35)(H2,30,31,32,34). The molecule has 3 atom stereocenters. The Kier molecular flexibility index (Phi) is 7.53. The maximum absolute atomic E-state index is 13.3. The number of nitrogens with zero attached hydrogens (tertiary/aromatic N) is 4. The number of para-hydroxylation sites is 1. The summed E-state index contributed by atoms with van der Waals surface area (Å²) in [7, 11) is -0.153. The van der Waals surface area contributed by atoms with Crippen molar-refractivity contribution in [1.29, 1.82) is 4.78 Å². The smallest absolute Gasteiger partial charge is 0.273 e. The SMILES string of the molecule is CNC(=O)c1nnc(NC(=O)C2CC2F)cc1Nc1cccc(-c2ncc(S(=N)(=O)C(C)C)cn2)c1OC. The molecule has 38 heavy (non-hydrogen) atoms. The van der Waals surface area contributed by atoms with Gasteiger partial charge >= 0.3 is 0 Å². The van der Waals surface area contributed by atoms with Crippen molar-refractivity contribution in [3.63, 3.8) is 0 Å². The second-order valence-electron chi connectivity index (χ2n) is 8.82. The van der Waals surface area contributed by atoms with Crippen LogP contribution in [0, 0.1) is 10.7 Å². The Morgan fingerprint density at radius 2 is 1.87 bits per heavy atom. The van der Waals surface area contributed by atoms with Crippen LogP contribution >= 0.6 is 0 Å². The number of ether oxygens (including phenoxy) is 1. The molecule has 3 unspecified atom stereocenters. The van der Waals surface area contributed by atoms with Gasteiger partial charge in [0, 0.05) is 30.8 Å². The summed E-state index contributed by atoms with van der Waals surface area (Å²) in [6.07, 6.45) is 1.71. The number of amides is 2. The third-order valence-electron chi connectivity index (χ3n) is 5.91. The molecule has 2 heterocycles. The van der Waals surface area contributed by atoms with Gasteiger partial charge in [-0.15, -0.1) is 10.2 Å². The van der Waals surface area contributed by atoms with Crippen molar-refractivity contribution in [2.75, 3.05) is 24.8 Å². The molecular formula is C24H27FN8O4S. The van der Waals surface area contributed by atoms with Crippen LogP contribution in [0.4, 0.5) is 21.6 Å². The molecule has 1 aliphatic carbocycles.